The Hall–Kier alpha value is -3.17. The maximum atomic E-state index is 12.9. The normalized spacial score (nSPS) is 18.9. The summed E-state index contributed by atoms with van der Waals surface area (Å²) in [4.78, 5) is 30.9. The van der Waals surface area contributed by atoms with E-state index in [0.717, 1.165) is 41.2 Å². The lowest BCUT2D eigenvalue weighted by molar-refractivity contribution is -0.118. The van der Waals surface area contributed by atoms with Crippen molar-refractivity contribution in [2.24, 2.45) is 7.05 Å². The molecule has 2 amide bonds. The van der Waals surface area contributed by atoms with Crippen molar-refractivity contribution >= 4 is 29.1 Å². The highest BCUT2D eigenvalue weighted by molar-refractivity contribution is 6.34. The summed E-state index contributed by atoms with van der Waals surface area (Å²) in [5.74, 6) is 0.126. The van der Waals surface area contributed by atoms with Gasteiger partial charge in [-0.05, 0) is 31.0 Å². The van der Waals surface area contributed by atoms with Crippen molar-refractivity contribution in [1.29, 1.82) is 0 Å². The van der Waals surface area contributed by atoms with Crippen LogP contribution in [-0.4, -0.2) is 74.3 Å². The number of anilines is 1. The Morgan fingerprint density at radius 1 is 1.24 bits per heavy atom. The molecule has 178 valence electrons. The second-order valence-corrected chi connectivity index (χ2v) is 9.50. The standard InChI is InChI=1S/C24H28ClN7O2/c1-15-12-31(8-9-32(15)24(34)17-11-27-29(2)13-17)14-16-10-26-28-23(16)19-4-6-20-18(22(19)25)5-7-21(33)30(20)3/h4,6,10-11,13,15H,5,7-9,12,14H2,1-3H3,(H,26,28)/t15-/m1/s1. The second-order valence-electron chi connectivity index (χ2n) is 9.12. The number of fused-ring (bicyclic) bond motifs is 1. The molecule has 1 fully saturated rings. The van der Waals surface area contributed by atoms with E-state index in [4.69, 9.17) is 11.6 Å². The highest BCUT2D eigenvalue weighted by atomic mass is 35.5. The fourth-order valence-corrected chi connectivity index (χ4v) is 5.31. The monoisotopic (exact) mass is 481 g/mol. The molecule has 9 nitrogen and oxygen atoms in total. The molecule has 0 unspecified atom stereocenters. The van der Waals surface area contributed by atoms with Crippen molar-refractivity contribution in [2.75, 3.05) is 31.6 Å². The number of aromatic nitrogens is 4. The van der Waals surface area contributed by atoms with Gasteiger partial charge in [0.1, 0.15) is 0 Å². The van der Waals surface area contributed by atoms with Gasteiger partial charge in [-0.1, -0.05) is 11.6 Å². The van der Waals surface area contributed by atoms with Gasteiger partial charge in [0.2, 0.25) is 5.91 Å². The molecule has 0 bridgehead atoms. The zero-order valence-electron chi connectivity index (χ0n) is 19.6. The molecule has 1 aromatic carbocycles. The van der Waals surface area contributed by atoms with E-state index in [1.54, 1.807) is 29.0 Å². The minimum atomic E-state index is 0.0218. The van der Waals surface area contributed by atoms with E-state index in [1.807, 2.05) is 30.3 Å². The molecule has 34 heavy (non-hydrogen) atoms. The molecule has 4 heterocycles. The Bertz CT molecular complexity index is 1250. The minimum absolute atomic E-state index is 0.0218. The topological polar surface area (TPSA) is 90.4 Å². The summed E-state index contributed by atoms with van der Waals surface area (Å²) in [6.45, 7) is 4.97. The van der Waals surface area contributed by atoms with Gasteiger partial charge in [-0.15, -0.1) is 0 Å². The Labute approximate surface area is 203 Å². The molecule has 0 spiro atoms. The summed E-state index contributed by atoms with van der Waals surface area (Å²) < 4.78 is 1.65. The van der Waals surface area contributed by atoms with Crippen LogP contribution in [0.25, 0.3) is 11.3 Å². The van der Waals surface area contributed by atoms with Crippen LogP contribution in [0.3, 0.4) is 0 Å². The van der Waals surface area contributed by atoms with Crippen LogP contribution in [0.1, 0.15) is 34.8 Å². The number of benzene rings is 1. The van der Waals surface area contributed by atoms with Crippen molar-refractivity contribution in [2.45, 2.75) is 32.4 Å². The molecule has 0 saturated carbocycles. The summed E-state index contributed by atoms with van der Waals surface area (Å²) in [7, 11) is 3.60. The predicted molar refractivity (Wildman–Crippen MR) is 130 cm³/mol. The molecule has 2 aliphatic heterocycles. The van der Waals surface area contributed by atoms with Gasteiger partial charge in [-0.3, -0.25) is 24.3 Å². The average Bonchev–Trinajstić information content (AvgIpc) is 3.45. The van der Waals surface area contributed by atoms with Gasteiger partial charge in [0, 0.05) is 81.9 Å². The largest absolute Gasteiger partial charge is 0.333 e. The van der Waals surface area contributed by atoms with Crippen molar-refractivity contribution in [3.05, 3.63) is 52.4 Å². The van der Waals surface area contributed by atoms with Gasteiger partial charge < -0.3 is 9.80 Å². The number of carbonyl (C=O) groups excluding carboxylic acids is 2. The number of hydrogen-bond acceptors (Lipinski definition) is 5. The van der Waals surface area contributed by atoms with Crippen LogP contribution < -0.4 is 4.90 Å². The summed E-state index contributed by atoms with van der Waals surface area (Å²) in [6, 6.07) is 3.98. The first-order valence-corrected chi connectivity index (χ1v) is 11.8. The smallest absolute Gasteiger partial charge is 0.257 e. The molecule has 1 N–H and O–H groups in total. The molecule has 5 rings (SSSR count). The minimum Gasteiger partial charge on any atom is -0.333 e. The second kappa shape index (κ2) is 8.88. The van der Waals surface area contributed by atoms with Crippen molar-refractivity contribution in [1.82, 2.24) is 29.8 Å². The number of amides is 2. The molecule has 3 aromatic rings. The Morgan fingerprint density at radius 2 is 2.06 bits per heavy atom. The van der Waals surface area contributed by atoms with Crippen LogP contribution in [0.2, 0.25) is 5.02 Å². The molecule has 1 saturated heterocycles. The number of halogens is 1. The lowest BCUT2D eigenvalue weighted by Crippen LogP contribution is -2.53. The fraction of sp³-hybridized carbons (Fsp3) is 0.417. The highest BCUT2D eigenvalue weighted by Crippen LogP contribution is 2.39. The Morgan fingerprint density at radius 3 is 2.79 bits per heavy atom. The summed E-state index contributed by atoms with van der Waals surface area (Å²) in [6.07, 6.45) is 6.39. The number of rotatable bonds is 4. The number of aromatic amines is 1. The number of piperazine rings is 1. The molecule has 10 heteroatoms. The summed E-state index contributed by atoms with van der Waals surface area (Å²) in [5, 5.41) is 12.3. The van der Waals surface area contributed by atoms with E-state index >= 15 is 0 Å². The summed E-state index contributed by atoms with van der Waals surface area (Å²) >= 11 is 6.83. The van der Waals surface area contributed by atoms with Crippen LogP contribution in [0.15, 0.2) is 30.7 Å². The zero-order chi connectivity index (χ0) is 24.0. The Kier molecular flexibility index (Phi) is 5.91. The van der Waals surface area contributed by atoms with E-state index in [9.17, 15) is 9.59 Å². The first kappa shape index (κ1) is 22.6. The average molecular weight is 482 g/mol. The number of nitrogens with zero attached hydrogens (tertiary/aromatic N) is 6. The molecular formula is C24H28ClN7O2. The molecular weight excluding hydrogens is 454 g/mol. The molecule has 0 radical (unpaired) electrons. The van der Waals surface area contributed by atoms with Crippen LogP contribution in [0.5, 0.6) is 0 Å². The van der Waals surface area contributed by atoms with Crippen molar-refractivity contribution in [3.8, 4) is 11.3 Å². The van der Waals surface area contributed by atoms with Crippen LogP contribution in [0.4, 0.5) is 5.69 Å². The van der Waals surface area contributed by atoms with E-state index < -0.39 is 0 Å². The molecule has 2 aromatic heterocycles. The third kappa shape index (κ3) is 3.99. The van der Waals surface area contributed by atoms with Crippen LogP contribution in [-0.2, 0) is 24.8 Å². The van der Waals surface area contributed by atoms with E-state index in [2.05, 4.69) is 27.1 Å². The third-order valence-corrected chi connectivity index (χ3v) is 7.27. The fourth-order valence-electron chi connectivity index (χ4n) is 4.97. The first-order chi connectivity index (χ1) is 16.3. The lowest BCUT2D eigenvalue weighted by atomic mass is 9.96. The van der Waals surface area contributed by atoms with Gasteiger partial charge in [-0.25, -0.2) is 0 Å². The van der Waals surface area contributed by atoms with E-state index in [-0.39, 0.29) is 17.9 Å². The zero-order valence-corrected chi connectivity index (χ0v) is 20.3. The number of H-pyrrole nitrogens is 1. The van der Waals surface area contributed by atoms with Crippen LogP contribution in [0, 0.1) is 0 Å². The van der Waals surface area contributed by atoms with E-state index in [1.165, 1.54) is 0 Å². The SMILES string of the molecule is C[C@@H]1CN(Cc2c[nH]nc2-c2ccc3c(c2Cl)CCC(=O)N3C)CCN1C(=O)c1cnn(C)c1. The third-order valence-electron chi connectivity index (χ3n) is 6.84. The maximum absolute atomic E-state index is 12.9. The van der Waals surface area contributed by atoms with Crippen molar-refractivity contribution < 1.29 is 9.59 Å². The lowest BCUT2D eigenvalue weighted by Gasteiger charge is -2.39. The Balaban J connectivity index is 1.32. The van der Waals surface area contributed by atoms with E-state index in [0.29, 0.717) is 36.5 Å². The van der Waals surface area contributed by atoms with Gasteiger partial charge in [0.25, 0.3) is 5.91 Å². The predicted octanol–water partition coefficient (Wildman–Crippen LogP) is 2.72. The number of carbonyl (C=O) groups is 2. The highest BCUT2D eigenvalue weighted by Gasteiger charge is 2.30. The van der Waals surface area contributed by atoms with Crippen LogP contribution >= 0.6 is 11.6 Å². The van der Waals surface area contributed by atoms with Gasteiger partial charge in [0.05, 0.1) is 22.5 Å². The molecule has 0 aliphatic carbocycles. The number of aryl methyl sites for hydroxylation is 1. The van der Waals surface area contributed by atoms with Crippen molar-refractivity contribution in [3.63, 3.8) is 0 Å². The number of nitrogens with one attached hydrogen (secondary N) is 1. The van der Waals surface area contributed by atoms with Gasteiger partial charge >= 0.3 is 0 Å². The molecule has 1 atom stereocenters. The van der Waals surface area contributed by atoms with Gasteiger partial charge in [0.15, 0.2) is 0 Å². The molecule has 2 aliphatic rings. The maximum Gasteiger partial charge on any atom is 0.257 e. The first-order valence-electron chi connectivity index (χ1n) is 11.5. The quantitative estimate of drug-likeness (QED) is 0.618. The van der Waals surface area contributed by atoms with Gasteiger partial charge in [-0.2, -0.15) is 10.2 Å². The summed E-state index contributed by atoms with van der Waals surface area (Å²) in [5.41, 5.74) is 5.24. The number of hydrogen-bond donors (Lipinski definition) is 1.